The molecule has 15 heteroatoms. The van der Waals surface area contributed by atoms with Crippen LogP contribution >= 0.6 is 11.3 Å². The van der Waals surface area contributed by atoms with Crippen LogP contribution in [0.4, 0.5) is 0 Å². The molecule has 0 unspecified atom stereocenters. The molecule has 12 aromatic heterocycles. The number of hydrogen-bond donors (Lipinski definition) is 0. The van der Waals surface area contributed by atoms with E-state index in [9.17, 15) is 0 Å². The maximum atomic E-state index is 6.29. The number of thiophene rings is 1. The minimum atomic E-state index is 0.586. The minimum Gasteiger partial charge on any atom is -0.456 e. The Morgan fingerprint density at radius 2 is 0.440 bits per heavy atom. The highest BCUT2D eigenvalue weighted by molar-refractivity contribution is 7.25. The van der Waals surface area contributed by atoms with Crippen molar-refractivity contribution in [2.45, 2.75) is 0 Å². The lowest BCUT2D eigenvalue weighted by Crippen LogP contribution is -1.96. The molecule has 0 spiro atoms. The van der Waals surface area contributed by atoms with E-state index in [2.05, 4.69) is 309 Å². The number of aromatic nitrogens is 10. The Morgan fingerprint density at radius 3 is 0.816 bits per heavy atom. The molecule has 19 aromatic carbocycles. The minimum absolute atomic E-state index is 0.586. The molecule has 0 fully saturated rings. The van der Waals surface area contributed by atoms with Crippen molar-refractivity contribution in [2.75, 3.05) is 0 Å². The number of para-hydroxylation sites is 9. The van der Waals surface area contributed by atoms with Gasteiger partial charge < -0.3 is 35.9 Å². The van der Waals surface area contributed by atoms with E-state index in [1.807, 2.05) is 169 Å². The fourth-order valence-corrected chi connectivity index (χ4v) is 22.6. The number of benzene rings is 19. The smallest absolute Gasteiger partial charge is 0.231 e. The maximum Gasteiger partial charge on any atom is 0.231 e. The summed E-state index contributed by atoms with van der Waals surface area (Å²) in [5.41, 5.74) is 28.2. The Hall–Kier alpha value is -19.0. The van der Waals surface area contributed by atoms with Gasteiger partial charge in [-0.1, -0.05) is 309 Å². The number of furan rings is 4. The van der Waals surface area contributed by atoms with E-state index < -0.39 is 0 Å². The van der Waals surface area contributed by atoms with E-state index >= 15 is 0 Å². The van der Waals surface area contributed by atoms with Crippen LogP contribution in [0.25, 0.3) is 286 Å². The van der Waals surface area contributed by atoms with Crippen LogP contribution in [-0.4, -0.2) is 48.2 Å². The molecule has 0 aliphatic carbocycles. The van der Waals surface area contributed by atoms with Crippen LogP contribution in [-0.2, 0) is 0 Å². The van der Waals surface area contributed by atoms with Crippen LogP contribution in [0.1, 0.15) is 0 Å². The first kappa shape index (κ1) is 79.4. The van der Waals surface area contributed by atoms with Crippen LogP contribution < -0.4 is 0 Å². The number of fused-ring (bicyclic) bond motifs is 27. The van der Waals surface area contributed by atoms with E-state index in [1.165, 1.54) is 91.0 Å². The van der Waals surface area contributed by atoms with Crippen molar-refractivity contribution in [3.8, 4) is 90.7 Å². The summed E-state index contributed by atoms with van der Waals surface area (Å²) in [6.07, 6.45) is 0. The van der Waals surface area contributed by atoms with Gasteiger partial charge in [0, 0.05) is 146 Å². The highest BCUT2D eigenvalue weighted by Crippen LogP contribution is 2.48. The molecule has 141 heavy (non-hydrogen) atoms. The second kappa shape index (κ2) is 31.8. The highest BCUT2D eigenvalue weighted by atomic mass is 32.1. The van der Waals surface area contributed by atoms with Crippen LogP contribution in [0.3, 0.4) is 0 Å². The van der Waals surface area contributed by atoms with Crippen molar-refractivity contribution in [3.63, 3.8) is 0 Å². The molecular weight excluding hydrogens is 1750 g/mol. The molecule has 31 aromatic rings. The van der Waals surface area contributed by atoms with Crippen molar-refractivity contribution in [1.82, 2.24) is 48.2 Å². The maximum absolute atomic E-state index is 6.29. The van der Waals surface area contributed by atoms with E-state index in [0.717, 1.165) is 161 Å². The van der Waals surface area contributed by atoms with Crippen LogP contribution in [0.5, 0.6) is 0 Å². The molecule has 0 aliphatic rings. The topological polar surface area (TPSA) is 150 Å². The molecule has 0 atom stereocenters. The molecule has 0 amide bonds. The van der Waals surface area contributed by atoms with Gasteiger partial charge in [-0.2, -0.15) is 15.0 Å². The molecule has 0 saturated carbocycles. The third kappa shape index (κ3) is 12.8. The molecule has 12 heterocycles. The van der Waals surface area contributed by atoms with Gasteiger partial charge in [0.2, 0.25) is 17.1 Å². The van der Waals surface area contributed by atoms with Crippen LogP contribution in [0, 0.1) is 0 Å². The zero-order valence-corrected chi connectivity index (χ0v) is 76.1. The lowest BCUT2D eigenvalue weighted by atomic mass is 10.0. The third-order valence-corrected chi connectivity index (χ3v) is 29.0. The predicted octanol–water partition coefficient (Wildman–Crippen LogP) is 33.8. The summed E-state index contributed by atoms with van der Waals surface area (Å²) < 4.78 is 37.2. The Bertz CT molecular complexity index is 10100. The van der Waals surface area contributed by atoms with Gasteiger partial charge in [0.15, 0.2) is 17.5 Å². The average molecular weight is 1820 g/mol. The Labute approximate surface area is 806 Å². The molecular formula is C126H74N10O4S. The fraction of sp³-hybridized carbons (Fsp3) is 0. The largest absolute Gasteiger partial charge is 0.456 e. The standard InChI is InChI=1S/C46H28N4O.C40H23N3O2.C40H23N3OS/c1-3-13-30(14-4-1)45-47-44(43-35-19-9-12-22-42(35)51-46(43)48-45)29-23-25-32(26-24-29)50-39-21-11-8-18-34(39)37-27-40-36(28-41(37)50)33-17-7-10-20-38(33)49(40)31-15-5-2-6-16-31;1-2-10-25(11-3-1)39-41-38(37-29-14-6-9-17-35(29)45-40(37)42-39)24-18-20-26(21-19-24)43-32-15-7-4-12-27(32)30-23-36-31(22-33(30)43)28-13-5-8-16-34(28)44-36;1-2-10-25(11-3-1)39-41-38(37-29-14-5-8-16-34(29)44-40(37)42-39)24-18-20-26(21-19-24)43-32-15-7-4-12-27(32)30-23-36-31(22-33(30)43)28-13-6-9-17-35(28)45-36/h1-28H;2*1-23H. The summed E-state index contributed by atoms with van der Waals surface area (Å²) in [7, 11) is 0. The van der Waals surface area contributed by atoms with Gasteiger partial charge in [0.05, 0.1) is 77.4 Å². The van der Waals surface area contributed by atoms with Crippen molar-refractivity contribution < 1.29 is 17.7 Å². The van der Waals surface area contributed by atoms with Gasteiger partial charge in [-0.25, -0.2) is 15.0 Å². The SMILES string of the molecule is c1ccc(-c2nc(-c3ccc(-n4c5ccccc5c5cc6c(cc54)c4ccccc4n6-c4ccccc4)cc3)c3c(n2)oc2ccccc23)cc1.c1ccc(-c2nc(-c3ccc(-n4c5ccccc5c5cc6oc7ccccc7c6cc54)cc3)c3c(n2)oc2ccccc23)cc1.c1ccc(-c2nc(-c3ccc(-n4c5ccccc5c5cc6sc7ccccc7c6cc54)cc3)c3c(n2)oc2ccccc23)cc1. The van der Waals surface area contributed by atoms with E-state index in [0.29, 0.717) is 34.6 Å². The van der Waals surface area contributed by atoms with Crippen LogP contribution in [0.15, 0.2) is 467 Å². The van der Waals surface area contributed by atoms with Gasteiger partial charge in [-0.3, -0.25) is 0 Å². The second-order valence-electron chi connectivity index (χ2n) is 35.8. The number of hydrogen-bond acceptors (Lipinski definition) is 11. The number of rotatable bonds is 10. The Morgan fingerprint density at radius 1 is 0.163 bits per heavy atom. The zero-order valence-electron chi connectivity index (χ0n) is 75.2. The fourth-order valence-electron chi connectivity index (χ4n) is 21.4. The van der Waals surface area contributed by atoms with E-state index in [1.54, 1.807) is 0 Å². The zero-order chi connectivity index (χ0) is 92.4. The summed E-state index contributed by atoms with van der Waals surface area (Å²) >= 11 is 1.86. The van der Waals surface area contributed by atoms with Gasteiger partial charge in [0.1, 0.15) is 27.9 Å². The molecule has 0 saturated heterocycles. The molecule has 0 bridgehead atoms. The van der Waals surface area contributed by atoms with Gasteiger partial charge in [-0.15, -0.1) is 11.3 Å². The van der Waals surface area contributed by atoms with Gasteiger partial charge >= 0.3 is 0 Å². The molecule has 0 N–H and O–H groups in total. The normalized spacial score (nSPS) is 12.0. The average Bonchev–Trinajstić information content (AvgIpc) is 1.59. The Balaban J connectivity index is 0.000000102. The van der Waals surface area contributed by atoms with Gasteiger partial charge in [0.25, 0.3) is 0 Å². The van der Waals surface area contributed by atoms with Crippen molar-refractivity contribution in [3.05, 3.63) is 449 Å². The Kier molecular flexibility index (Phi) is 17.9. The lowest BCUT2D eigenvalue weighted by Gasteiger charge is -2.11. The summed E-state index contributed by atoms with van der Waals surface area (Å²) in [5, 5.41) is 20.4. The molecule has 31 rings (SSSR count). The quantitative estimate of drug-likeness (QED) is 0.129. The van der Waals surface area contributed by atoms with Crippen molar-refractivity contribution in [2.24, 2.45) is 0 Å². The molecule has 658 valence electrons. The van der Waals surface area contributed by atoms with Crippen molar-refractivity contribution in [1.29, 1.82) is 0 Å². The molecule has 0 aliphatic heterocycles. The summed E-state index contributed by atoms with van der Waals surface area (Å²) in [5.74, 6) is 1.93. The van der Waals surface area contributed by atoms with E-state index in [4.69, 9.17) is 47.6 Å². The van der Waals surface area contributed by atoms with Gasteiger partial charge in [-0.05, 0) is 140 Å². The second-order valence-corrected chi connectivity index (χ2v) is 36.9. The van der Waals surface area contributed by atoms with Crippen molar-refractivity contribution >= 4 is 207 Å². The summed E-state index contributed by atoms with van der Waals surface area (Å²) in [6.45, 7) is 0. The summed E-state index contributed by atoms with van der Waals surface area (Å²) in [6, 6.07) is 157. The number of nitrogens with zero attached hydrogens (tertiary/aromatic N) is 10. The third-order valence-electron chi connectivity index (χ3n) is 27.8. The molecule has 0 radical (unpaired) electrons. The predicted molar refractivity (Wildman–Crippen MR) is 578 cm³/mol. The first-order valence-corrected chi connectivity index (χ1v) is 48.0. The monoisotopic (exact) mass is 1820 g/mol. The first-order valence-electron chi connectivity index (χ1n) is 47.2. The van der Waals surface area contributed by atoms with Crippen LogP contribution in [0.2, 0.25) is 0 Å². The first-order chi connectivity index (χ1) is 69.9. The molecule has 14 nitrogen and oxygen atoms in total. The van der Waals surface area contributed by atoms with E-state index in [-0.39, 0.29) is 0 Å². The lowest BCUT2D eigenvalue weighted by molar-refractivity contribution is 0.653. The highest BCUT2D eigenvalue weighted by Gasteiger charge is 2.27. The summed E-state index contributed by atoms with van der Waals surface area (Å²) in [4.78, 5) is 30.0.